The van der Waals surface area contributed by atoms with E-state index in [4.69, 9.17) is 10.5 Å². The zero-order chi connectivity index (χ0) is 20.1. The number of rotatable bonds is 7. The zero-order valence-electron chi connectivity index (χ0n) is 15.1. The molecule has 2 amide bonds. The van der Waals surface area contributed by atoms with Gasteiger partial charge in [-0.2, -0.15) is 0 Å². The van der Waals surface area contributed by atoms with Gasteiger partial charge in [-0.3, -0.25) is 14.4 Å². The SMILES string of the molecule is Cc1ccc(OCC(=O)C(=O)Nc2sc(-c3ccccc3)cc2C(N)=O)cc1. The van der Waals surface area contributed by atoms with Crippen LogP contribution in [0.5, 0.6) is 5.75 Å². The molecule has 0 radical (unpaired) electrons. The highest BCUT2D eigenvalue weighted by molar-refractivity contribution is 7.20. The predicted octanol–water partition coefficient (Wildman–Crippen LogP) is 3.41. The summed E-state index contributed by atoms with van der Waals surface area (Å²) < 4.78 is 5.34. The van der Waals surface area contributed by atoms with E-state index in [0.717, 1.165) is 16.0 Å². The number of amides is 2. The summed E-state index contributed by atoms with van der Waals surface area (Å²) in [6.07, 6.45) is 0. The molecule has 0 atom stereocenters. The second-order valence-electron chi connectivity index (χ2n) is 6.06. The van der Waals surface area contributed by atoms with Crippen molar-refractivity contribution in [2.45, 2.75) is 6.92 Å². The predicted molar refractivity (Wildman–Crippen MR) is 109 cm³/mol. The van der Waals surface area contributed by atoms with Gasteiger partial charge in [-0.25, -0.2) is 0 Å². The van der Waals surface area contributed by atoms with Crippen LogP contribution in [0.2, 0.25) is 0 Å². The number of nitrogens with one attached hydrogen (secondary N) is 1. The maximum atomic E-state index is 12.2. The molecule has 1 aromatic heterocycles. The molecule has 0 unspecified atom stereocenters. The number of carbonyl (C=O) groups is 3. The Hall–Kier alpha value is -3.45. The number of nitrogens with two attached hydrogens (primary N) is 1. The Morgan fingerprint density at radius 1 is 1.04 bits per heavy atom. The van der Waals surface area contributed by atoms with Crippen LogP contribution >= 0.6 is 11.3 Å². The standard InChI is InChI=1S/C21H18N2O4S/c1-13-7-9-15(10-8-13)27-12-17(24)20(26)23-21-16(19(22)25)11-18(28-21)14-5-3-2-4-6-14/h2-11H,12H2,1H3,(H2,22,25)(H,23,26). The summed E-state index contributed by atoms with van der Waals surface area (Å²) in [5.41, 5.74) is 7.51. The van der Waals surface area contributed by atoms with E-state index in [1.54, 1.807) is 18.2 Å². The van der Waals surface area contributed by atoms with Crippen molar-refractivity contribution in [1.82, 2.24) is 0 Å². The van der Waals surface area contributed by atoms with E-state index < -0.39 is 24.2 Å². The fourth-order valence-electron chi connectivity index (χ4n) is 2.43. The van der Waals surface area contributed by atoms with E-state index in [1.165, 1.54) is 11.3 Å². The molecule has 28 heavy (non-hydrogen) atoms. The largest absolute Gasteiger partial charge is 0.485 e. The average molecular weight is 394 g/mol. The maximum Gasteiger partial charge on any atom is 0.296 e. The lowest BCUT2D eigenvalue weighted by Crippen LogP contribution is -2.28. The third kappa shape index (κ3) is 4.63. The smallest absolute Gasteiger partial charge is 0.296 e. The lowest BCUT2D eigenvalue weighted by Gasteiger charge is -2.06. The molecule has 142 valence electrons. The van der Waals surface area contributed by atoms with Gasteiger partial charge in [0.1, 0.15) is 10.8 Å². The monoisotopic (exact) mass is 394 g/mol. The number of aryl methyl sites for hydroxylation is 1. The molecule has 0 saturated heterocycles. The van der Waals surface area contributed by atoms with Crippen LogP contribution in [0.3, 0.4) is 0 Å². The third-order valence-electron chi connectivity index (χ3n) is 3.93. The summed E-state index contributed by atoms with van der Waals surface area (Å²) in [5.74, 6) is -1.81. The number of thiophene rings is 1. The Morgan fingerprint density at radius 2 is 1.71 bits per heavy atom. The van der Waals surface area contributed by atoms with Gasteiger partial charge in [0, 0.05) is 4.88 Å². The molecule has 0 aliphatic rings. The van der Waals surface area contributed by atoms with E-state index in [-0.39, 0.29) is 10.6 Å². The Morgan fingerprint density at radius 3 is 2.36 bits per heavy atom. The molecule has 2 aromatic carbocycles. The van der Waals surface area contributed by atoms with Crippen molar-refractivity contribution in [1.29, 1.82) is 0 Å². The van der Waals surface area contributed by atoms with Gasteiger partial charge in [-0.05, 0) is 30.7 Å². The molecule has 0 aliphatic heterocycles. The van der Waals surface area contributed by atoms with Gasteiger partial charge >= 0.3 is 0 Å². The van der Waals surface area contributed by atoms with Crippen LogP contribution < -0.4 is 15.8 Å². The van der Waals surface area contributed by atoms with Crippen LogP contribution in [0.15, 0.2) is 60.7 Å². The Bertz CT molecular complexity index is 1010. The van der Waals surface area contributed by atoms with Crippen molar-refractivity contribution >= 4 is 33.9 Å². The molecule has 7 heteroatoms. The van der Waals surface area contributed by atoms with Crippen LogP contribution in [-0.2, 0) is 9.59 Å². The number of Topliss-reactive ketones (excluding diaryl/α,β-unsaturated/α-hetero) is 1. The molecule has 0 bridgehead atoms. The van der Waals surface area contributed by atoms with Gasteiger partial charge in [0.2, 0.25) is 0 Å². The topological polar surface area (TPSA) is 98.5 Å². The second kappa shape index (κ2) is 8.49. The normalized spacial score (nSPS) is 10.3. The third-order valence-corrected chi connectivity index (χ3v) is 5.03. The zero-order valence-corrected chi connectivity index (χ0v) is 15.9. The number of ether oxygens (including phenoxy) is 1. The summed E-state index contributed by atoms with van der Waals surface area (Å²) in [4.78, 5) is 36.8. The molecule has 0 aliphatic carbocycles. The van der Waals surface area contributed by atoms with Crippen LogP contribution in [0.4, 0.5) is 5.00 Å². The van der Waals surface area contributed by atoms with Gasteiger partial charge in [-0.1, -0.05) is 48.0 Å². The van der Waals surface area contributed by atoms with Gasteiger partial charge in [0.05, 0.1) is 5.56 Å². The van der Waals surface area contributed by atoms with Crippen molar-refractivity contribution in [3.8, 4) is 16.2 Å². The minimum absolute atomic E-state index is 0.157. The summed E-state index contributed by atoms with van der Waals surface area (Å²) in [5, 5.41) is 2.71. The van der Waals surface area contributed by atoms with Gasteiger partial charge in [-0.15, -0.1) is 11.3 Å². The molecule has 0 fully saturated rings. The van der Waals surface area contributed by atoms with Crippen LogP contribution in [0.1, 0.15) is 15.9 Å². The summed E-state index contributed by atoms with van der Waals surface area (Å²) in [6.45, 7) is 1.53. The van der Waals surface area contributed by atoms with E-state index >= 15 is 0 Å². The number of ketones is 1. The number of anilines is 1. The highest BCUT2D eigenvalue weighted by Gasteiger charge is 2.21. The first kappa shape index (κ1) is 19.3. The Labute approximate surface area is 165 Å². The van der Waals surface area contributed by atoms with Crippen LogP contribution in [-0.4, -0.2) is 24.2 Å². The molecule has 0 spiro atoms. The van der Waals surface area contributed by atoms with Crippen molar-refractivity contribution in [3.05, 3.63) is 71.8 Å². The molecule has 3 N–H and O–H groups in total. The lowest BCUT2D eigenvalue weighted by atomic mass is 10.1. The van der Waals surface area contributed by atoms with E-state index in [0.29, 0.717) is 5.75 Å². The highest BCUT2D eigenvalue weighted by atomic mass is 32.1. The minimum Gasteiger partial charge on any atom is -0.485 e. The molecule has 1 heterocycles. The molecular weight excluding hydrogens is 376 g/mol. The molecule has 3 rings (SSSR count). The van der Waals surface area contributed by atoms with Gasteiger partial charge in [0.15, 0.2) is 6.61 Å². The van der Waals surface area contributed by atoms with Crippen LogP contribution in [0, 0.1) is 6.92 Å². The summed E-state index contributed by atoms with van der Waals surface area (Å²) in [6, 6.07) is 18.1. The molecule has 3 aromatic rings. The van der Waals surface area contributed by atoms with Crippen molar-refractivity contribution in [3.63, 3.8) is 0 Å². The number of benzene rings is 2. The van der Waals surface area contributed by atoms with Gasteiger partial charge in [0.25, 0.3) is 17.6 Å². The Balaban J connectivity index is 1.70. The van der Waals surface area contributed by atoms with Crippen molar-refractivity contribution in [2.24, 2.45) is 5.73 Å². The fraction of sp³-hybridized carbons (Fsp3) is 0.0952. The number of hydrogen-bond donors (Lipinski definition) is 2. The van der Waals surface area contributed by atoms with Crippen LogP contribution in [0.25, 0.3) is 10.4 Å². The van der Waals surface area contributed by atoms with E-state index in [9.17, 15) is 14.4 Å². The first-order chi connectivity index (χ1) is 13.4. The quantitative estimate of drug-likeness (QED) is 0.600. The van der Waals surface area contributed by atoms with Crippen molar-refractivity contribution in [2.75, 3.05) is 11.9 Å². The second-order valence-corrected chi connectivity index (χ2v) is 7.11. The first-order valence-electron chi connectivity index (χ1n) is 8.47. The molecular formula is C21H18N2O4S. The molecule has 6 nitrogen and oxygen atoms in total. The maximum absolute atomic E-state index is 12.2. The average Bonchev–Trinajstić information content (AvgIpc) is 3.12. The number of hydrogen-bond acceptors (Lipinski definition) is 5. The summed E-state index contributed by atoms with van der Waals surface area (Å²) >= 11 is 1.18. The minimum atomic E-state index is -0.865. The first-order valence-corrected chi connectivity index (χ1v) is 9.28. The van der Waals surface area contributed by atoms with E-state index in [1.807, 2.05) is 49.4 Å². The fourth-order valence-corrected chi connectivity index (χ4v) is 3.50. The number of carbonyl (C=O) groups excluding carboxylic acids is 3. The van der Waals surface area contributed by atoms with E-state index in [2.05, 4.69) is 5.32 Å². The molecule has 0 saturated carbocycles. The summed E-state index contributed by atoms with van der Waals surface area (Å²) in [7, 11) is 0. The van der Waals surface area contributed by atoms with Gasteiger partial charge < -0.3 is 15.8 Å². The number of primary amides is 1. The Kier molecular flexibility index (Phi) is 5.86. The highest BCUT2D eigenvalue weighted by Crippen LogP contribution is 2.35. The van der Waals surface area contributed by atoms with Crippen molar-refractivity contribution < 1.29 is 19.1 Å². The lowest BCUT2D eigenvalue weighted by molar-refractivity contribution is -0.136.